The van der Waals surface area contributed by atoms with Crippen LogP contribution in [0.4, 0.5) is 5.82 Å². The second-order valence-electron chi connectivity index (χ2n) is 9.24. The summed E-state index contributed by atoms with van der Waals surface area (Å²) < 4.78 is 2.04. The fourth-order valence-electron chi connectivity index (χ4n) is 5.57. The van der Waals surface area contributed by atoms with Gasteiger partial charge in [-0.3, -0.25) is 14.3 Å². The summed E-state index contributed by atoms with van der Waals surface area (Å²) in [6.45, 7) is 4.89. The van der Waals surface area contributed by atoms with E-state index < -0.39 is 5.91 Å². The van der Waals surface area contributed by atoms with Crippen LogP contribution in [0.2, 0.25) is 0 Å². The molecule has 6 rings (SSSR count). The summed E-state index contributed by atoms with van der Waals surface area (Å²) in [5.41, 5.74) is 11.6. The van der Waals surface area contributed by atoms with Crippen molar-refractivity contribution < 1.29 is 4.79 Å². The minimum absolute atomic E-state index is 0.375. The Bertz CT molecular complexity index is 1390. The zero-order chi connectivity index (χ0) is 23.2. The van der Waals surface area contributed by atoms with Crippen molar-refractivity contribution in [3.63, 3.8) is 0 Å². The number of rotatable bonds is 5. The summed E-state index contributed by atoms with van der Waals surface area (Å²) in [6.07, 6.45) is 3.26. The van der Waals surface area contributed by atoms with Gasteiger partial charge in [0.1, 0.15) is 5.82 Å². The van der Waals surface area contributed by atoms with Gasteiger partial charge in [0, 0.05) is 47.8 Å². The van der Waals surface area contributed by atoms with Gasteiger partial charge in [0.25, 0.3) is 0 Å². The number of hydrogen-bond donors (Lipinski definition) is 2. The number of nitrogens with two attached hydrogens (primary N) is 1. The minimum Gasteiger partial charge on any atom is -0.366 e. The largest absolute Gasteiger partial charge is 0.366 e. The summed E-state index contributed by atoms with van der Waals surface area (Å²) in [7, 11) is 0. The van der Waals surface area contributed by atoms with E-state index in [9.17, 15) is 4.79 Å². The lowest BCUT2D eigenvalue weighted by molar-refractivity contribution is 0.100. The molecule has 1 saturated heterocycles. The molecule has 1 unspecified atom stereocenters. The van der Waals surface area contributed by atoms with Crippen LogP contribution in [-0.4, -0.2) is 38.4 Å². The van der Waals surface area contributed by atoms with E-state index in [2.05, 4.69) is 34.5 Å². The van der Waals surface area contributed by atoms with Crippen molar-refractivity contribution in [2.75, 3.05) is 18.4 Å². The molecule has 0 spiro atoms. The highest BCUT2D eigenvalue weighted by molar-refractivity contribution is 6.06. The van der Waals surface area contributed by atoms with Crippen molar-refractivity contribution in [3.05, 3.63) is 82.7 Å². The monoisotopic (exact) mass is 452 g/mol. The third-order valence-corrected chi connectivity index (χ3v) is 7.14. The number of carbonyl (C=O) groups excluding carboxylic acids is 1. The fourth-order valence-corrected chi connectivity index (χ4v) is 5.57. The summed E-state index contributed by atoms with van der Waals surface area (Å²) in [5.74, 6) is 1.11. The molecule has 2 aliphatic rings. The molecule has 4 aromatic rings. The van der Waals surface area contributed by atoms with Crippen molar-refractivity contribution in [1.29, 1.82) is 0 Å². The second kappa shape index (κ2) is 8.25. The molecule has 7 heteroatoms. The third-order valence-electron chi connectivity index (χ3n) is 7.14. The molecule has 1 atom stereocenters. The molecule has 1 fully saturated rings. The molecule has 4 heterocycles. The van der Waals surface area contributed by atoms with Gasteiger partial charge in [0.2, 0.25) is 11.9 Å². The number of aryl methyl sites for hydroxylation is 1. The van der Waals surface area contributed by atoms with Crippen LogP contribution in [0.15, 0.2) is 54.6 Å². The van der Waals surface area contributed by atoms with Crippen molar-refractivity contribution in [3.8, 4) is 5.95 Å². The molecule has 7 nitrogen and oxygen atoms in total. The first-order valence-electron chi connectivity index (χ1n) is 11.9. The number of fused-ring (bicyclic) bond motifs is 4. The average Bonchev–Trinajstić information content (AvgIpc) is 3.46. The van der Waals surface area contributed by atoms with Crippen molar-refractivity contribution >= 4 is 22.6 Å². The first kappa shape index (κ1) is 20.9. The number of amides is 1. The number of primary amides is 1. The van der Waals surface area contributed by atoms with Crippen LogP contribution in [0.1, 0.15) is 51.8 Å². The maximum atomic E-state index is 12.0. The Balaban J connectivity index is 1.50. The van der Waals surface area contributed by atoms with Crippen LogP contribution in [0.25, 0.3) is 16.9 Å². The van der Waals surface area contributed by atoms with Gasteiger partial charge in [0.15, 0.2) is 0 Å². The van der Waals surface area contributed by atoms with Crippen LogP contribution < -0.4 is 11.1 Å². The van der Waals surface area contributed by atoms with E-state index in [1.807, 2.05) is 35.8 Å². The first-order chi connectivity index (χ1) is 16.6. The summed E-state index contributed by atoms with van der Waals surface area (Å²) in [5, 5.41) is 4.46. The molecule has 172 valence electrons. The number of anilines is 1. The molecule has 0 saturated carbocycles. The average molecular weight is 453 g/mol. The number of aromatic nitrogens is 3. The molecular formula is C27H28N6O. The Labute approximate surface area is 198 Å². The molecule has 1 amide bonds. The van der Waals surface area contributed by atoms with Crippen LogP contribution in [0.5, 0.6) is 0 Å². The normalized spacial score (nSPS) is 17.5. The standard InChI is InChI=1S/C27H28N6O/c1-17-15-20-19(25(28)34)9-5-10-22(20)33(17)27-30-21-12-14-32-13-6-11-23(32)24(21)26(31-27)29-16-18-7-3-2-4-8-18/h2-5,7-10,15,23H,6,11-14,16H2,1H3,(H2,28,34)(H,29,30,31). The SMILES string of the molecule is Cc1cc2c(C(N)=O)cccc2n1-c1nc2c(c(NCc3ccccc3)n1)C1CCCN1CC2. The van der Waals surface area contributed by atoms with E-state index in [1.54, 1.807) is 6.07 Å². The van der Waals surface area contributed by atoms with Gasteiger partial charge in [-0.05, 0) is 50.1 Å². The van der Waals surface area contributed by atoms with E-state index in [0.717, 1.165) is 54.0 Å². The highest BCUT2D eigenvalue weighted by Gasteiger charge is 2.35. The fraction of sp³-hybridized carbons (Fsp3) is 0.296. The van der Waals surface area contributed by atoms with E-state index in [-0.39, 0.29) is 0 Å². The predicted molar refractivity (Wildman–Crippen MR) is 133 cm³/mol. The lowest BCUT2D eigenvalue weighted by atomic mass is 9.97. The molecule has 2 aromatic heterocycles. The lowest BCUT2D eigenvalue weighted by Gasteiger charge is -2.32. The predicted octanol–water partition coefficient (Wildman–Crippen LogP) is 4.13. The van der Waals surface area contributed by atoms with Crippen LogP contribution in [0, 0.1) is 6.92 Å². The zero-order valence-electron chi connectivity index (χ0n) is 19.3. The van der Waals surface area contributed by atoms with Crippen LogP contribution in [-0.2, 0) is 13.0 Å². The Morgan fingerprint density at radius 1 is 1.12 bits per heavy atom. The van der Waals surface area contributed by atoms with Gasteiger partial charge in [-0.15, -0.1) is 0 Å². The quantitative estimate of drug-likeness (QED) is 0.475. The van der Waals surface area contributed by atoms with Crippen molar-refractivity contribution in [1.82, 2.24) is 19.4 Å². The van der Waals surface area contributed by atoms with E-state index >= 15 is 0 Å². The van der Waals surface area contributed by atoms with Gasteiger partial charge < -0.3 is 11.1 Å². The lowest BCUT2D eigenvalue weighted by Crippen LogP contribution is -2.33. The van der Waals surface area contributed by atoms with Crippen LogP contribution >= 0.6 is 0 Å². The maximum absolute atomic E-state index is 12.0. The second-order valence-corrected chi connectivity index (χ2v) is 9.24. The Kier molecular flexibility index (Phi) is 5.07. The Hall–Kier alpha value is -3.71. The van der Waals surface area contributed by atoms with Crippen LogP contribution in [0.3, 0.4) is 0 Å². The molecular weight excluding hydrogens is 424 g/mol. The van der Waals surface area contributed by atoms with Crippen molar-refractivity contribution in [2.45, 2.75) is 38.8 Å². The van der Waals surface area contributed by atoms with Crippen molar-refractivity contribution in [2.24, 2.45) is 5.73 Å². The summed E-state index contributed by atoms with van der Waals surface area (Å²) in [4.78, 5) is 24.7. The molecule has 0 aliphatic carbocycles. The zero-order valence-corrected chi connectivity index (χ0v) is 19.3. The molecule has 0 bridgehead atoms. The maximum Gasteiger partial charge on any atom is 0.249 e. The minimum atomic E-state index is -0.430. The molecule has 34 heavy (non-hydrogen) atoms. The van der Waals surface area contributed by atoms with Gasteiger partial charge in [-0.2, -0.15) is 4.98 Å². The van der Waals surface area contributed by atoms with Gasteiger partial charge >= 0.3 is 0 Å². The summed E-state index contributed by atoms with van der Waals surface area (Å²) in [6, 6.07) is 18.4. The number of benzene rings is 2. The smallest absolute Gasteiger partial charge is 0.249 e. The van der Waals surface area contributed by atoms with Gasteiger partial charge in [-0.1, -0.05) is 36.4 Å². The molecule has 2 aromatic carbocycles. The number of hydrogen-bond acceptors (Lipinski definition) is 5. The topological polar surface area (TPSA) is 89.1 Å². The molecule has 0 radical (unpaired) electrons. The molecule has 3 N–H and O–H groups in total. The van der Waals surface area contributed by atoms with E-state index in [0.29, 0.717) is 24.1 Å². The molecule has 2 aliphatic heterocycles. The number of nitrogens with one attached hydrogen (secondary N) is 1. The summed E-state index contributed by atoms with van der Waals surface area (Å²) >= 11 is 0. The number of nitrogens with zero attached hydrogens (tertiary/aromatic N) is 4. The van der Waals surface area contributed by atoms with E-state index in [1.165, 1.54) is 17.5 Å². The Morgan fingerprint density at radius 3 is 2.79 bits per heavy atom. The highest BCUT2D eigenvalue weighted by atomic mass is 16.1. The van der Waals surface area contributed by atoms with E-state index in [4.69, 9.17) is 15.7 Å². The third kappa shape index (κ3) is 3.44. The highest BCUT2D eigenvalue weighted by Crippen LogP contribution is 2.41. The van der Waals surface area contributed by atoms with Gasteiger partial charge in [-0.25, -0.2) is 4.98 Å². The Morgan fingerprint density at radius 2 is 1.97 bits per heavy atom. The first-order valence-corrected chi connectivity index (χ1v) is 11.9. The van der Waals surface area contributed by atoms with Gasteiger partial charge in [0.05, 0.1) is 11.2 Å². The number of carbonyl (C=O) groups is 1.